The summed E-state index contributed by atoms with van der Waals surface area (Å²) in [5.41, 5.74) is 1.72. The highest BCUT2D eigenvalue weighted by molar-refractivity contribution is 6.33. The minimum Gasteiger partial charge on any atom is -0.493 e. The summed E-state index contributed by atoms with van der Waals surface area (Å²) in [7, 11) is 2.74. The molecular formula is C49H89N5O8Si3. The van der Waals surface area contributed by atoms with Crippen molar-refractivity contribution in [3.8, 4) is 11.5 Å². The molecule has 65 heavy (non-hydrogen) atoms. The molecule has 0 aliphatic heterocycles. The Morgan fingerprint density at radius 2 is 1.17 bits per heavy atom. The smallest absolute Gasteiger partial charge is 0.156 e. The van der Waals surface area contributed by atoms with Crippen LogP contribution in [-0.2, 0) is 9.47 Å². The van der Waals surface area contributed by atoms with E-state index in [0.29, 0.717) is 83.4 Å². The number of nitrogens with one attached hydrogen (secondary N) is 3. The summed E-state index contributed by atoms with van der Waals surface area (Å²) in [5, 5.41) is 53.7. The molecule has 7 N–H and O–H groups in total. The molecule has 0 aromatic heterocycles. The van der Waals surface area contributed by atoms with Crippen molar-refractivity contribution < 1.29 is 39.4 Å². The van der Waals surface area contributed by atoms with E-state index in [4.69, 9.17) is 18.9 Å². The van der Waals surface area contributed by atoms with Gasteiger partial charge in [-0.3, -0.25) is 5.32 Å². The summed E-state index contributed by atoms with van der Waals surface area (Å²) >= 11 is 0. The summed E-state index contributed by atoms with van der Waals surface area (Å²) in [5.74, 6) is 1.39. The molecule has 0 aliphatic rings. The molecule has 0 aliphatic carbocycles. The van der Waals surface area contributed by atoms with Gasteiger partial charge >= 0.3 is 0 Å². The molecule has 16 heteroatoms. The quantitative estimate of drug-likeness (QED) is 0.0244. The molecule has 0 saturated carbocycles. The van der Waals surface area contributed by atoms with E-state index < -0.39 is 24.7 Å². The fraction of sp³-hybridized carbons (Fsp3) is 0.755. The molecule has 0 fully saturated rings. The summed E-state index contributed by atoms with van der Waals surface area (Å²) < 4.78 is 24.6. The molecule has 6 radical (unpaired) electrons. The van der Waals surface area contributed by atoms with Gasteiger partial charge in [0.25, 0.3) is 0 Å². The Balaban J connectivity index is 2.23. The molecule has 370 valence electrons. The van der Waals surface area contributed by atoms with Crippen LogP contribution in [-0.4, -0.2) is 165 Å². The summed E-state index contributed by atoms with van der Waals surface area (Å²) in [6.07, 6.45) is 0.846. The van der Waals surface area contributed by atoms with E-state index >= 15 is 0 Å². The highest BCUT2D eigenvalue weighted by Crippen LogP contribution is 2.25. The molecule has 0 amide bonds. The van der Waals surface area contributed by atoms with Gasteiger partial charge < -0.3 is 59.8 Å². The maximum absolute atomic E-state index is 11.6. The predicted molar refractivity (Wildman–Crippen MR) is 273 cm³/mol. The Morgan fingerprint density at radius 3 is 1.72 bits per heavy atom. The lowest BCUT2D eigenvalue weighted by Gasteiger charge is -2.32. The molecule has 2 rings (SSSR count). The number of ether oxygens (including phenoxy) is 4. The fourth-order valence-electron chi connectivity index (χ4n) is 6.79. The van der Waals surface area contributed by atoms with E-state index in [0.717, 1.165) is 84.9 Å². The zero-order chi connectivity index (χ0) is 47.9. The van der Waals surface area contributed by atoms with Gasteiger partial charge in [0.05, 0.1) is 38.1 Å². The van der Waals surface area contributed by atoms with Crippen molar-refractivity contribution in [2.75, 3.05) is 95.1 Å². The van der Waals surface area contributed by atoms with E-state index in [1.54, 1.807) is 0 Å². The van der Waals surface area contributed by atoms with Crippen molar-refractivity contribution in [2.45, 2.75) is 142 Å². The van der Waals surface area contributed by atoms with Crippen molar-refractivity contribution in [3.05, 3.63) is 48.5 Å². The first-order chi connectivity index (χ1) is 31.0. The minimum absolute atomic E-state index is 0.0415. The van der Waals surface area contributed by atoms with Crippen LogP contribution in [0.15, 0.2) is 48.5 Å². The van der Waals surface area contributed by atoms with Gasteiger partial charge in [-0.25, -0.2) is 0 Å². The maximum Gasteiger partial charge on any atom is 0.156 e. The van der Waals surface area contributed by atoms with E-state index in [1.807, 2.05) is 69.3 Å². The van der Waals surface area contributed by atoms with Crippen LogP contribution in [0, 0.1) is 10.8 Å². The molecule has 0 heterocycles. The first kappa shape index (κ1) is 59.1. The Labute approximate surface area is 402 Å². The number of aliphatic hydroxyl groups excluding tert-OH is 4. The monoisotopic (exact) mass is 960 g/mol. The van der Waals surface area contributed by atoms with E-state index in [9.17, 15) is 20.4 Å². The van der Waals surface area contributed by atoms with Gasteiger partial charge in [0.2, 0.25) is 0 Å². The van der Waals surface area contributed by atoms with Crippen LogP contribution in [0.25, 0.3) is 0 Å². The number of hydrogen-bond donors (Lipinski definition) is 7. The van der Waals surface area contributed by atoms with Gasteiger partial charge in [-0.15, -0.1) is 0 Å². The van der Waals surface area contributed by atoms with Gasteiger partial charge in [-0.1, -0.05) is 79.3 Å². The molecule has 13 nitrogen and oxygen atoms in total. The number of rotatable bonds is 39. The topological polar surface area (TPSA) is 160 Å². The van der Waals surface area contributed by atoms with Crippen LogP contribution in [0.1, 0.15) is 73.6 Å². The van der Waals surface area contributed by atoms with Crippen molar-refractivity contribution in [1.29, 1.82) is 0 Å². The highest BCUT2D eigenvalue weighted by atomic mass is 28.2. The molecular weight excluding hydrogens is 871 g/mol. The largest absolute Gasteiger partial charge is 0.493 e. The standard InChI is InChI=1S/C49H89N5O8Si3/c1-48(2,3)38-59-29-27-54(40-15-19-43(20-16-40)61-37-46(57)52-25-12-32-65-9)36-44(34-51-24-11-31-64-8)62-47(58)21-26-53(35-41(55)33-50-23-10-30-63-7)39-13-17-42(18-14-39)60-28-22-45(56)49(4,5)6/h13-20,41,44-47,50-52,55-58H,10-12,21-38H2,1-9H3. The average Bonchev–Trinajstić information content (AvgIpc) is 3.26. The summed E-state index contributed by atoms with van der Waals surface area (Å²) in [6, 6.07) is 19.2. The highest BCUT2D eigenvalue weighted by Gasteiger charge is 2.23. The Hall–Kier alpha value is -2.07. The Morgan fingerprint density at radius 1 is 0.631 bits per heavy atom. The third kappa shape index (κ3) is 28.8. The van der Waals surface area contributed by atoms with E-state index in [1.165, 1.54) is 12.1 Å². The molecule has 0 bridgehead atoms. The fourth-order valence-corrected chi connectivity index (χ4v) is 8.38. The van der Waals surface area contributed by atoms with Crippen molar-refractivity contribution >= 4 is 39.9 Å². The van der Waals surface area contributed by atoms with Crippen molar-refractivity contribution in [2.24, 2.45) is 10.8 Å². The zero-order valence-electron chi connectivity index (χ0n) is 41.7. The number of aliphatic hydroxyl groups is 4. The number of hydrogen-bond acceptors (Lipinski definition) is 13. The van der Waals surface area contributed by atoms with E-state index in [-0.39, 0.29) is 23.5 Å². The Kier molecular flexibility index (Phi) is 31.1. The van der Waals surface area contributed by atoms with Crippen LogP contribution in [0.3, 0.4) is 0 Å². The third-order valence-corrected chi connectivity index (χ3v) is 13.2. The van der Waals surface area contributed by atoms with Gasteiger partial charge in [-0.2, -0.15) is 0 Å². The van der Waals surface area contributed by atoms with Crippen LogP contribution in [0.5, 0.6) is 11.5 Å². The molecule has 2 aromatic rings. The second-order valence-corrected chi connectivity index (χ2v) is 22.8. The normalized spacial score (nSPS) is 14.5. The number of nitrogens with zero attached hydrogens (tertiary/aromatic N) is 2. The molecule has 2 aromatic carbocycles. The lowest BCUT2D eigenvalue weighted by atomic mass is 9.87. The van der Waals surface area contributed by atoms with Crippen molar-refractivity contribution in [3.63, 3.8) is 0 Å². The summed E-state index contributed by atoms with van der Waals surface area (Å²) in [4.78, 5) is 4.34. The number of anilines is 2. The second-order valence-electron chi connectivity index (χ2n) is 19.2. The molecule has 0 saturated heterocycles. The van der Waals surface area contributed by atoms with Crippen LogP contribution in [0.4, 0.5) is 11.4 Å². The van der Waals surface area contributed by atoms with Crippen LogP contribution < -0.4 is 35.2 Å². The van der Waals surface area contributed by atoms with Crippen LogP contribution in [0.2, 0.25) is 37.8 Å². The van der Waals surface area contributed by atoms with Crippen LogP contribution >= 0.6 is 0 Å². The van der Waals surface area contributed by atoms with E-state index in [2.05, 4.69) is 66.2 Å². The van der Waals surface area contributed by atoms with Gasteiger partial charge in [0, 0.05) is 92.0 Å². The second kappa shape index (κ2) is 34.3. The molecule has 5 atom stereocenters. The number of benzene rings is 2. The van der Waals surface area contributed by atoms with Gasteiger partial charge in [0.15, 0.2) is 6.29 Å². The Bertz CT molecular complexity index is 1440. The predicted octanol–water partition coefficient (Wildman–Crippen LogP) is 5.84. The SMILES string of the molecule is C[Si]CCCNCC(O)CN(CCC(O)OC(CNCCC[Si]C)CN(CCOCC(C)(C)C)c1ccc(OCC(O)NCCC[Si]C)cc1)c1ccc(OCCC(O)C(C)(C)C)cc1. The lowest BCUT2D eigenvalue weighted by molar-refractivity contribution is -0.134. The first-order valence-electron chi connectivity index (χ1n) is 24.0. The van der Waals surface area contributed by atoms with Crippen molar-refractivity contribution in [1.82, 2.24) is 16.0 Å². The molecule has 5 unspecified atom stereocenters. The lowest BCUT2D eigenvalue weighted by Crippen LogP contribution is -2.44. The first-order valence-corrected chi connectivity index (χ1v) is 29.2. The average molecular weight is 961 g/mol. The molecule has 0 spiro atoms. The minimum atomic E-state index is -1.05. The van der Waals surface area contributed by atoms with Gasteiger partial charge in [0.1, 0.15) is 24.3 Å². The summed E-state index contributed by atoms with van der Waals surface area (Å²) in [6.45, 7) is 26.4. The third-order valence-electron chi connectivity index (χ3n) is 10.7. The zero-order valence-corrected chi connectivity index (χ0v) is 44.7. The maximum atomic E-state index is 11.6. The van der Waals surface area contributed by atoms with Gasteiger partial charge in [-0.05, 0) is 98.3 Å².